The highest BCUT2D eigenvalue weighted by Gasteiger charge is 2.35. The third-order valence-electron chi connectivity index (χ3n) is 5.61. The van der Waals surface area contributed by atoms with E-state index in [9.17, 15) is 9.36 Å². The highest BCUT2D eigenvalue weighted by molar-refractivity contribution is 7.52. The lowest BCUT2D eigenvalue weighted by molar-refractivity contribution is -0.149. The van der Waals surface area contributed by atoms with Crippen molar-refractivity contribution in [2.75, 3.05) is 12.3 Å². The van der Waals surface area contributed by atoms with Crippen molar-refractivity contribution in [2.45, 2.75) is 65.8 Å². The highest BCUT2D eigenvalue weighted by Crippen LogP contribution is 2.46. The SMILES string of the molecule is [2H]C([2H])([2H])C(OC(=O)[C@@H](N[P@](=O)(Oc1ccccc1)O[C@@H](C)Cn1c(COCC)nc2c(N)nc3ccccc3c21)C([2H])([2H])[2H])C([2H])([2H])[2H]. The van der Waals surface area contributed by atoms with Crippen molar-refractivity contribution in [1.82, 2.24) is 19.6 Å². The Morgan fingerprint density at radius 1 is 1.12 bits per heavy atom. The van der Waals surface area contributed by atoms with E-state index in [-0.39, 0.29) is 24.7 Å². The number of anilines is 1. The largest absolute Gasteiger partial charge is 0.462 e. The van der Waals surface area contributed by atoms with Gasteiger partial charge in [-0.05, 0) is 52.6 Å². The van der Waals surface area contributed by atoms with E-state index in [1.54, 1.807) is 29.7 Å². The van der Waals surface area contributed by atoms with E-state index in [0.29, 0.717) is 34.4 Å². The van der Waals surface area contributed by atoms with Crippen molar-refractivity contribution < 1.29 is 40.2 Å². The van der Waals surface area contributed by atoms with Crippen molar-refractivity contribution in [1.29, 1.82) is 0 Å². The van der Waals surface area contributed by atoms with E-state index in [1.165, 1.54) is 31.2 Å². The molecule has 2 aromatic heterocycles. The maximum absolute atomic E-state index is 14.4. The smallest absolute Gasteiger partial charge is 0.459 e. The fraction of sp³-hybridized carbons (Fsp3) is 0.393. The van der Waals surface area contributed by atoms with Crippen LogP contribution in [0.5, 0.6) is 5.75 Å². The van der Waals surface area contributed by atoms with Crippen LogP contribution >= 0.6 is 7.75 Å². The van der Waals surface area contributed by atoms with Crippen LogP contribution in [0.4, 0.5) is 5.82 Å². The number of pyridine rings is 1. The molecule has 4 rings (SSSR count). The Bertz CT molecular complexity index is 1800. The van der Waals surface area contributed by atoms with Gasteiger partial charge in [0.1, 0.15) is 29.7 Å². The number of para-hydroxylation sites is 2. The third-order valence-corrected chi connectivity index (χ3v) is 7.27. The molecule has 4 aromatic rings. The summed E-state index contributed by atoms with van der Waals surface area (Å²) in [6.45, 7) is -6.36. The number of fused-ring (bicyclic) bond motifs is 3. The molecule has 0 saturated heterocycles. The quantitative estimate of drug-likeness (QED) is 0.160. The first-order valence-electron chi connectivity index (χ1n) is 16.9. The summed E-state index contributed by atoms with van der Waals surface area (Å²) in [4.78, 5) is 22.3. The monoisotopic (exact) mass is 578 g/mol. The van der Waals surface area contributed by atoms with E-state index in [4.69, 9.17) is 36.6 Å². The molecule has 3 N–H and O–H groups in total. The zero-order valence-electron chi connectivity index (χ0n) is 30.9. The van der Waals surface area contributed by atoms with Crippen molar-refractivity contribution in [3.8, 4) is 5.75 Å². The molecule has 0 aliphatic carbocycles. The first-order chi connectivity index (χ1) is 22.7. The first kappa shape index (κ1) is 19.6. The number of hydrogen-bond acceptors (Lipinski definition) is 9. The number of carbonyl (C=O) groups is 1. The summed E-state index contributed by atoms with van der Waals surface area (Å²) in [6, 6.07) is 12.2. The van der Waals surface area contributed by atoms with E-state index in [1.807, 2.05) is 12.1 Å². The Balaban J connectivity index is 1.74. The maximum atomic E-state index is 14.4. The minimum atomic E-state index is -4.90. The molecule has 0 radical (unpaired) electrons. The molecule has 0 amide bonds. The van der Waals surface area contributed by atoms with Gasteiger partial charge in [-0.25, -0.2) is 14.5 Å². The number of carbonyl (C=O) groups excluding carboxylic acids is 1. The molecule has 0 unspecified atom stereocenters. The Hall–Kier alpha value is -3.50. The molecule has 11 nitrogen and oxygen atoms in total. The zero-order chi connectivity index (χ0) is 36.4. The summed E-state index contributed by atoms with van der Waals surface area (Å²) in [5, 5.41) is 2.78. The van der Waals surface area contributed by atoms with Gasteiger partial charge in [0.05, 0.1) is 29.8 Å². The molecule has 0 bridgehead atoms. The van der Waals surface area contributed by atoms with Crippen LogP contribution in [-0.4, -0.2) is 45.4 Å². The number of esters is 1. The second-order valence-electron chi connectivity index (χ2n) is 8.68. The molecule has 0 aliphatic rings. The summed E-state index contributed by atoms with van der Waals surface area (Å²) in [5.41, 5.74) is 7.80. The zero-order valence-corrected chi connectivity index (χ0v) is 22.8. The molecule has 0 aliphatic heterocycles. The maximum Gasteiger partial charge on any atom is 0.459 e. The molecular weight excluding hydrogens is 533 g/mol. The number of nitrogen functional groups attached to an aromatic ring is 1. The van der Waals surface area contributed by atoms with Crippen molar-refractivity contribution in [3.63, 3.8) is 0 Å². The van der Waals surface area contributed by atoms with Crippen LogP contribution in [0.2, 0.25) is 0 Å². The van der Waals surface area contributed by atoms with Gasteiger partial charge < -0.3 is 24.3 Å². The predicted octanol–water partition coefficient (Wildman–Crippen LogP) is 5.23. The number of hydrogen-bond donors (Lipinski definition) is 2. The topological polar surface area (TPSA) is 140 Å². The van der Waals surface area contributed by atoms with Crippen molar-refractivity contribution >= 4 is 41.5 Å². The van der Waals surface area contributed by atoms with Gasteiger partial charge in [-0.1, -0.05) is 36.4 Å². The van der Waals surface area contributed by atoms with Crippen LogP contribution in [0.1, 0.15) is 52.6 Å². The lowest BCUT2D eigenvalue weighted by Gasteiger charge is -2.26. The van der Waals surface area contributed by atoms with Gasteiger partial charge in [-0.15, -0.1) is 0 Å². The predicted molar refractivity (Wildman–Crippen MR) is 154 cm³/mol. The summed E-state index contributed by atoms with van der Waals surface area (Å²) in [5.74, 6) is -1.28. The second kappa shape index (κ2) is 12.8. The van der Waals surface area contributed by atoms with Gasteiger partial charge >= 0.3 is 13.7 Å². The fourth-order valence-corrected chi connectivity index (χ4v) is 5.54. The highest BCUT2D eigenvalue weighted by atomic mass is 31.2. The number of imidazole rings is 1. The third kappa shape index (κ3) is 6.98. The number of rotatable bonds is 13. The van der Waals surface area contributed by atoms with Gasteiger partial charge in [-0.2, -0.15) is 5.09 Å². The number of aromatic nitrogens is 3. The Morgan fingerprint density at radius 2 is 1.88 bits per heavy atom. The van der Waals surface area contributed by atoms with Crippen LogP contribution < -0.4 is 15.3 Å². The first-order valence-corrected chi connectivity index (χ1v) is 13.9. The Morgan fingerprint density at radius 3 is 2.60 bits per heavy atom. The molecule has 0 spiro atoms. The Labute approximate surface area is 246 Å². The van der Waals surface area contributed by atoms with Gasteiger partial charge in [0.25, 0.3) is 0 Å². The van der Waals surface area contributed by atoms with Gasteiger partial charge in [0, 0.05) is 24.3 Å². The summed E-state index contributed by atoms with van der Waals surface area (Å²) < 4.78 is 107. The number of nitrogens with zero attached hydrogens (tertiary/aromatic N) is 3. The second-order valence-corrected chi connectivity index (χ2v) is 10.3. The van der Waals surface area contributed by atoms with Crippen LogP contribution in [0.3, 0.4) is 0 Å². The summed E-state index contributed by atoms with van der Waals surface area (Å²) >= 11 is 0. The fourth-order valence-electron chi connectivity index (χ4n) is 4.03. The van der Waals surface area contributed by atoms with Crippen LogP contribution in [0.15, 0.2) is 54.6 Å². The number of ether oxygens (including phenoxy) is 2. The van der Waals surface area contributed by atoms with Crippen LogP contribution in [0, 0.1) is 0 Å². The number of benzene rings is 2. The summed E-state index contributed by atoms with van der Waals surface area (Å²) in [6.07, 6.45) is -3.75. The molecule has 0 saturated carbocycles. The molecule has 2 heterocycles. The average Bonchev–Trinajstić information content (AvgIpc) is 3.34. The minimum absolute atomic E-state index is 0.0407. The molecule has 3 atom stereocenters. The van der Waals surface area contributed by atoms with E-state index in [2.05, 4.69) is 15.1 Å². The van der Waals surface area contributed by atoms with Crippen LogP contribution in [-0.2, 0) is 36.5 Å². The lowest BCUT2D eigenvalue weighted by Crippen LogP contribution is -2.37. The van der Waals surface area contributed by atoms with Gasteiger partial charge in [0.15, 0.2) is 5.82 Å². The Kier molecular flexibility index (Phi) is 6.25. The van der Waals surface area contributed by atoms with Crippen molar-refractivity contribution in [2.24, 2.45) is 0 Å². The van der Waals surface area contributed by atoms with E-state index in [0.717, 1.165) is 0 Å². The molecule has 40 heavy (non-hydrogen) atoms. The molecular formula is C28H36N5O6P. The molecule has 0 fully saturated rings. The molecule has 214 valence electrons. The normalized spacial score (nSPS) is 19.0. The van der Waals surface area contributed by atoms with Crippen molar-refractivity contribution in [3.05, 3.63) is 60.4 Å². The summed E-state index contributed by atoms with van der Waals surface area (Å²) in [7, 11) is -4.90. The molecule has 2 aromatic carbocycles. The standard InChI is InChI=1S/C28H36N5O6P/c1-6-36-17-24-31-25-26(22-14-10-11-15-23(22)30-27(25)29)33(24)16-19(4)38-40(35,39-21-12-8-7-9-13-21)32-20(5)28(34)37-18(2)3/h7-15,18-20H,6,16-17H2,1-5H3,(H2,29,30)(H,32,35)/t19-,20-,40+/m0/s1/i2D3,3D3,5D3. The number of nitrogens with two attached hydrogens (primary N) is 1. The average molecular weight is 579 g/mol. The van der Waals surface area contributed by atoms with E-state index >= 15 is 0 Å². The van der Waals surface area contributed by atoms with Crippen LogP contribution in [0.25, 0.3) is 21.9 Å². The van der Waals surface area contributed by atoms with Gasteiger partial charge in [-0.3, -0.25) is 9.32 Å². The van der Waals surface area contributed by atoms with E-state index < -0.39 is 52.5 Å². The minimum Gasteiger partial charge on any atom is -0.462 e. The van der Waals surface area contributed by atoms with Gasteiger partial charge in [0.2, 0.25) is 0 Å². The number of nitrogens with one attached hydrogen (secondary N) is 1. The molecule has 12 heteroatoms. The lowest BCUT2D eigenvalue weighted by atomic mass is 10.2.